The van der Waals surface area contributed by atoms with Gasteiger partial charge in [0, 0.05) is 25.8 Å². The largest absolute Gasteiger partial charge is 0.357 e. The maximum Gasteiger partial charge on any atom is 0.269 e. The molecule has 0 fully saturated rings. The third-order valence-electron chi connectivity index (χ3n) is 3.41. The van der Waals surface area contributed by atoms with Crippen LogP contribution in [0.15, 0.2) is 24.4 Å². The zero-order chi connectivity index (χ0) is 16.8. The molecule has 7 nitrogen and oxygen atoms in total. The molecule has 122 valence electrons. The number of aryl methyl sites for hydroxylation is 1. The van der Waals surface area contributed by atoms with Crippen LogP contribution in [-0.2, 0) is 0 Å². The van der Waals surface area contributed by atoms with Gasteiger partial charge in [-0.25, -0.2) is 15.0 Å². The van der Waals surface area contributed by atoms with Crippen LogP contribution in [0.1, 0.15) is 30.0 Å². The summed E-state index contributed by atoms with van der Waals surface area (Å²) in [5.74, 6) is 1.06. The first-order valence-corrected chi connectivity index (χ1v) is 7.63. The zero-order valence-corrected chi connectivity index (χ0v) is 13.9. The molecule has 0 unspecified atom stereocenters. The molecule has 2 N–H and O–H groups in total. The quantitative estimate of drug-likeness (QED) is 0.850. The molecule has 0 radical (unpaired) electrons. The Morgan fingerprint density at radius 1 is 1.22 bits per heavy atom. The van der Waals surface area contributed by atoms with Gasteiger partial charge < -0.3 is 15.5 Å². The predicted molar refractivity (Wildman–Crippen MR) is 91.2 cm³/mol. The topological polar surface area (TPSA) is 83.0 Å². The standard InChI is InChI=1S/C16H22N6O/c1-5-22(6-2)14-8-7-12(10-18-14)20-16-19-11(3)9-13(21-16)15(23)17-4/h7-10H,5-6H2,1-4H3,(H,17,23)(H,19,20,21). The average Bonchev–Trinajstić information content (AvgIpc) is 2.56. The third kappa shape index (κ3) is 4.15. The lowest BCUT2D eigenvalue weighted by atomic mass is 10.3. The molecule has 0 aromatic carbocycles. The third-order valence-corrected chi connectivity index (χ3v) is 3.41. The molecule has 0 saturated heterocycles. The number of aromatic nitrogens is 3. The normalized spacial score (nSPS) is 10.3. The molecule has 0 aliphatic rings. The summed E-state index contributed by atoms with van der Waals surface area (Å²) >= 11 is 0. The number of carbonyl (C=O) groups is 1. The van der Waals surface area contributed by atoms with Crippen LogP contribution in [0.25, 0.3) is 0 Å². The Morgan fingerprint density at radius 3 is 2.52 bits per heavy atom. The highest BCUT2D eigenvalue weighted by Gasteiger charge is 2.09. The van der Waals surface area contributed by atoms with Crippen LogP contribution >= 0.6 is 0 Å². The Labute approximate surface area is 136 Å². The number of rotatable bonds is 6. The Balaban J connectivity index is 2.19. The first kappa shape index (κ1) is 16.7. The minimum absolute atomic E-state index is 0.242. The van der Waals surface area contributed by atoms with Gasteiger partial charge in [0.05, 0.1) is 11.9 Å². The van der Waals surface area contributed by atoms with Crippen LogP contribution < -0.4 is 15.5 Å². The maximum atomic E-state index is 11.7. The second-order valence-corrected chi connectivity index (χ2v) is 5.00. The van der Waals surface area contributed by atoms with Crippen molar-refractivity contribution in [1.29, 1.82) is 0 Å². The lowest BCUT2D eigenvalue weighted by Crippen LogP contribution is -2.22. The number of pyridine rings is 1. The number of carbonyl (C=O) groups excluding carboxylic acids is 1. The van der Waals surface area contributed by atoms with Crippen molar-refractivity contribution < 1.29 is 4.79 Å². The minimum Gasteiger partial charge on any atom is -0.357 e. The molecule has 0 spiro atoms. The number of anilines is 3. The van der Waals surface area contributed by atoms with Gasteiger partial charge in [0.1, 0.15) is 11.5 Å². The summed E-state index contributed by atoms with van der Waals surface area (Å²) in [5, 5.41) is 5.64. The Kier molecular flexibility index (Phi) is 5.46. The summed E-state index contributed by atoms with van der Waals surface area (Å²) in [5.41, 5.74) is 1.82. The van der Waals surface area contributed by atoms with Crippen molar-refractivity contribution in [2.24, 2.45) is 0 Å². The second-order valence-electron chi connectivity index (χ2n) is 5.00. The molecule has 1 amide bonds. The van der Waals surface area contributed by atoms with Crippen LogP contribution in [0.4, 0.5) is 17.5 Å². The van der Waals surface area contributed by atoms with E-state index in [4.69, 9.17) is 0 Å². The van der Waals surface area contributed by atoms with E-state index in [1.54, 1.807) is 19.3 Å². The van der Waals surface area contributed by atoms with Crippen molar-refractivity contribution in [2.75, 3.05) is 30.4 Å². The molecule has 2 heterocycles. The summed E-state index contributed by atoms with van der Waals surface area (Å²) in [7, 11) is 1.57. The van der Waals surface area contributed by atoms with Crippen LogP contribution in [0, 0.1) is 6.92 Å². The van der Waals surface area contributed by atoms with Crippen LogP contribution in [0.5, 0.6) is 0 Å². The molecule has 7 heteroatoms. The van der Waals surface area contributed by atoms with Crippen molar-refractivity contribution in [2.45, 2.75) is 20.8 Å². The van der Waals surface area contributed by atoms with Crippen LogP contribution in [0.3, 0.4) is 0 Å². The van der Waals surface area contributed by atoms with Gasteiger partial charge in [-0.3, -0.25) is 4.79 Å². The van der Waals surface area contributed by atoms with Gasteiger partial charge in [-0.2, -0.15) is 0 Å². The van der Waals surface area contributed by atoms with E-state index in [-0.39, 0.29) is 5.91 Å². The van der Waals surface area contributed by atoms with E-state index in [9.17, 15) is 4.79 Å². The molecule has 2 aromatic rings. The Hall–Kier alpha value is -2.70. The zero-order valence-electron chi connectivity index (χ0n) is 13.9. The molecule has 2 rings (SSSR count). The fourth-order valence-corrected chi connectivity index (χ4v) is 2.19. The van der Waals surface area contributed by atoms with Gasteiger partial charge in [0.2, 0.25) is 5.95 Å². The second kappa shape index (κ2) is 7.53. The van der Waals surface area contributed by atoms with E-state index in [0.717, 1.165) is 24.6 Å². The van der Waals surface area contributed by atoms with Gasteiger partial charge in [0.15, 0.2) is 0 Å². The van der Waals surface area contributed by atoms with E-state index in [1.807, 2.05) is 19.1 Å². The predicted octanol–water partition coefficient (Wildman–Crippen LogP) is 2.13. The summed E-state index contributed by atoms with van der Waals surface area (Å²) < 4.78 is 0. The summed E-state index contributed by atoms with van der Waals surface area (Å²) in [4.78, 5) is 26.8. The molecular weight excluding hydrogens is 292 g/mol. The highest BCUT2D eigenvalue weighted by molar-refractivity contribution is 5.92. The SMILES string of the molecule is CCN(CC)c1ccc(Nc2nc(C)cc(C(=O)NC)n2)cn1. The van der Waals surface area contributed by atoms with Gasteiger partial charge in [-0.1, -0.05) is 0 Å². The number of hydrogen-bond acceptors (Lipinski definition) is 6. The molecule has 23 heavy (non-hydrogen) atoms. The number of amides is 1. The highest BCUT2D eigenvalue weighted by atomic mass is 16.1. The van der Waals surface area contributed by atoms with Gasteiger partial charge in [0.25, 0.3) is 5.91 Å². The van der Waals surface area contributed by atoms with Crippen molar-refractivity contribution in [3.8, 4) is 0 Å². The maximum absolute atomic E-state index is 11.7. The highest BCUT2D eigenvalue weighted by Crippen LogP contribution is 2.17. The van der Waals surface area contributed by atoms with E-state index in [0.29, 0.717) is 17.3 Å². The van der Waals surface area contributed by atoms with Gasteiger partial charge >= 0.3 is 0 Å². The lowest BCUT2D eigenvalue weighted by molar-refractivity contribution is 0.0958. The van der Waals surface area contributed by atoms with Crippen LogP contribution in [0.2, 0.25) is 0 Å². The molecule has 0 bridgehead atoms. The first-order chi connectivity index (χ1) is 11.1. The smallest absolute Gasteiger partial charge is 0.269 e. The van der Waals surface area contributed by atoms with Gasteiger partial charge in [-0.15, -0.1) is 0 Å². The number of hydrogen-bond donors (Lipinski definition) is 2. The van der Waals surface area contributed by atoms with Crippen molar-refractivity contribution in [3.05, 3.63) is 35.8 Å². The lowest BCUT2D eigenvalue weighted by Gasteiger charge is -2.19. The van der Waals surface area contributed by atoms with Crippen molar-refractivity contribution >= 4 is 23.4 Å². The fraction of sp³-hybridized carbons (Fsp3) is 0.375. The van der Waals surface area contributed by atoms with E-state index in [2.05, 4.69) is 44.3 Å². The first-order valence-electron chi connectivity index (χ1n) is 7.63. The molecule has 0 atom stereocenters. The molecule has 0 aliphatic heterocycles. The van der Waals surface area contributed by atoms with E-state index in [1.165, 1.54) is 0 Å². The van der Waals surface area contributed by atoms with E-state index >= 15 is 0 Å². The molecule has 2 aromatic heterocycles. The summed E-state index contributed by atoms with van der Waals surface area (Å²) in [6.45, 7) is 7.83. The Morgan fingerprint density at radius 2 is 1.96 bits per heavy atom. The summed E-state index contributed by atoms with van der Waals surface area (Å²) in [6.07, 6.45) is 1.74. The van der Waals surface area contributed by atoms with Crippen LogP contribution in [-0.4, -0.2) is 41.0 Å². The van der Waals surface area contributed by atoms with E-state index < -0.39 is 0 Å². The monoisotopic (exact) mass is 314 g/mol. The average molecular weight is 314 g/mol. The molecule has 0 saturated carbocycles. The molecule has 0 aliphatic carbocycles. The Bertz CT molecular complexity index is 667. The van der Waals surface area contributed by atoms with Crippen molar-refractivity contribution in [1.82, 2.24) is 20.3 Å². The molecular formula is C16H22N6O. The summed E-state index contributed by atoms with van der Waals surface area (Å²) in [6, 6.07) is 5.52. The number of nitrogens with one attached hydrogen (secondary N) is 2. The van der Waals surface area contributed by atoms with Crippen molar-refractivity contribution in [3.63, 3.8) is 0 Å². The fourth-order valence-electron chi connectivity index (χ4n) is 2.19. The van der Waals surface area contributed by atoms with Gasteiger partial charge in [-0.05, 0) is 39.0 Å². The number of nitrogens with zero attached hydrogens (tertiary/aromatic N) is 4. The minimum atomic E-state index is -0.242.